The van der Waals surface area contributed by atoms with Gasteiger partial charge < -0.3 is 19.2 Å². The van der Waals surface area contributed by atoms with E-state index in [9.17, 15) is 0 Å². The summed E-state index contributed by atoms with van der Waals surface area (Å²) in [5.74, 6) is 0.797. The van der Waals surface area contributed by atoms with E-state index in [1.54, 1.807) is 0 Å². The van der Waals surface area contributed by atoms with Crippen LogP contribution < -0.4 is 0 Å². The quantitative estimate of drug-likeness (QED) is 0.628. The highest BCUT2D eigenvalue weighted by atomic mass is 31.2. The smallest absolute Gasteiger partial charge is 0.310 e. The van der Waals surface area contributed by atoms with Crippen molar-refractivity contribution in [3.63, 3.8) is 0 Å². The Kier molecular flexibility index (Phi) is 3.26. The third kappa shape index (κ3) is 2.06. The molecule has 6 heteroatoms. The molecule has 70 valence electrons. The Hall–Kier alpha value is -0.380. The van der Waals surface area contributed by atoms with E-state index in [4.69, 9.17) is 4.89 Å². The third-order valence-electron chi connectivity index (χ3n) is 1.79. The van der Waals surface area contributed by atoms with Crippen LogP contribution in [0.5, 0.6) is 0 Å². The highest BCUT2D eigenvalue weighted by Crippen LogP contribution is 2.32. The molecule has 0 aromatic rings. The molecule has 0 amide bonds. The van der Waals surface area contributed by atoms with Gasteiger partial charge in [-0.1, -0.05) is 0 Å². The zero-order valence-corrected chi connectivity index (χ0v) is 8.45. The van der Waals surface area contributed by atoms with Gasteiger partial charge in [0.15, 0.2) is 0 Å². The first-order valence-electron chi connectivity index (χ1n) is 3.69. The van der Waals surface area contributed by atoms with Crippen molar-refractivity contribution >= 4 is 14.5 Å². The van der Waals surface area contributed by atoms with E-state index in [0.717, 1.165) is 19.0 Å². The van der Waals surface area contributed by atoms with Crippen LogP contribution in [0.2, 0.25) is 0 Å². The maximum absolute atomic E-state index is 9.16. The molecule has 1 rings (SSSR count). The van der Waals surface area contributed by atoms with Crippen molar-refractivity contribution in [2.75, 3.05) is 34.3 Å². The number of likely N-dealkylation sites (N-methyl/N-ethyl adjacent to an activating group) is 2. The van der Waals surface area contributed by atoms with E-state index in [1.807, 2.05) is 23.9 Å². The van der Waals surface area contributed by atoms with Crippen molar-refractivity contribution in [2.45, 2.75) is 0 Å². The van der Waals surface area contributed by atoms with Gasteiger partial charge in [-0.25, -0.2) is 0 Å². The fraction of sp³-hybridized carbons (Fsp3) is 0.833. The lowest BCUT2D eigenvalue weighted by atomic mass is 10.6. The maximum Gasteiger partial charge on any atom is 0.310 e. The van der Waals surface area contributed by atoms with Crippen LogP contribution in [0.15, 0.2) is 4.76 Å². The summed E-state index contributed by atoms with van der Waals surface area (Å²) in [6.45, 7) is 1.89. The van der Waals surface area contributed by atoms with Gasteiger partial charge in [0.1, 0.15) is 0 Å². The Labute approximate surface area is 73.6 Å². The molecule has 1 heterocycles. The number of guanidine groups is 1. The van der Waals surface area contributed by atoms with Crippen molar-refractivity contribution in [1.82, 2.24) is 9.80 Å². The van der Waals surface area contributed by atoms with Gasteiger partial charge in [-0.3, -0.25) is 0 Å². The molecule has 12 heavy (non-hydrogen) atoms. The molecular formula is C6H14N3O2P. The summed E-state index contributed by atoms with van der Waals surface area (Å²) in [5.41, 5.74) is 0. The van der Waals surface area contributed by atoms with Gasteiger partial charge in [-0.15, -0.1) is 0 Å². The molecule has 0 spiro atoms. The molecule has 0 aromatic carbocycles. The molecule has 1 atom stereocenters. The monoisotopic (exact) mass is 191 g/mol. The first kappa shape index (κ1) is 9.71. The summed E-state index contributed by atoms with van der Waals surface area (Å²) in [5, 5.41) is 0. The first-order chi connectivity index (χ1) is 5.65. The van der Waals surface area contributed by atoms with Crippen molar-refractivity contribution in [3.8, 4) is 0 Å². The average molecular weight is 191 g/mol. The summed E-state index contributed by atoms with van der Waals surface area (Å²) >= 11 is 0. The maximum atomic E-state index is 9.16. The zero-order chi connectivity index (χ0) is 9.14. The van der Waals surface area contributed by atoms with Crippen molar-refractivity contribution in [2.24, 2.45) is 4.76 Å². The zero-order valence-electron chi connectivity index (χ0n) is 7.56. The lowest BCUT2D eigenvalue weighted by molar-refractivity contribution is 0.390. The van der Waals surface area contributed by atoms with E-state index in [0.29, 0.717) is 0 Å². The largest absolute Gasteiger partial charge is 0.344 e. The SMILES string of the molecule is COP(O)N=C1N(C)CCN1C. The van der Waals surface area contributed by atoms with E-state index in [1.165, 1.54) is 7.11 Å². The minimum absolute atomic E-state index is 0.797. The van der Waals surface area contributed by atoms with Gasteiger partial charge in [0.05, 0.1) is 0 Å². The van der Waals surface area contributed by atoms with Crippen LogP contribution in [-0.2, 0) is 4.52 Å². The number of hydrogen-bond acceptors (Lipinski definition) is 3. The van der Waals surface area contributed by atoms with Gasteiger partial charge in [0.25, 0.3) is 0 Å². The van der Waals surface area contributed by atoms with Crippen molar-refractivity contribution in [3.05, 3.63) is 0 Å². The van der Waals surface area contributed by atoms with Crippen LogP contribution in [0.25, 0.3) is 0 Å². The average Bonchev–Trinajstić information content (AvgIpc) is 2.35. The topological polar surface area (TPSA) is 48.3 Å². The van der Waals surface area contributed by atoms with Gasteiger partial charge in [-0.05, 0) is 0 Å². The van der Waals surface area contributed by atoms with Crippen LogP contribution in [0.1, 0.15) is 0 Å². The molecular weight excluding hydrogens is 177 g/mol. The third-order valence-corrected chi connectivity index (χ3v) is 2.47. The molecule has 5 nitrogen and oxygen atoms in total. The van der Waals surface area contributed by atoms with Gasteiger partial charge in [-0.2, -0.15) is 4.76 Å². The van der Waals surface area contributed by atoms with E-state index < -0.39 is 8.53 Å². The highest BCUT2D eigenvalue weighted by molar-refractivity contribution is 7.44. The highest BCUT2D eigenvalue weighted by Gasteiger charge is 2.21. The van der Waals surface area contributed by atoms with Gasteiger partial charge in [0.2, 0.25) is 5.96 Å². The van der Waals surface area contributed by atoms with Gasteiger partial charge in [0, 0.05) is 34.3 Å². The standard InChI is InChI=1S/C6H14N3O2P/c1-8-4-5-9(2)6(8)7-12(10)11-3/h10H,4-5H2,1-3H3. The van der Waals surface area contributed by atoms with E-state index in [2.05, 4.69) is 9.29 Å². The summed E-state index contributed by atoms with van der Waals surface area (Å²) in [6, 6.07) is 0. The Morgan fingerprint density at radius 1 is 1.42 bits per heavy atom. The predicted molar refractivity (Wildman–Crippen MR) is 48.8 cm³/mol. The fourth-order valence-corrected chi connectivity index (χ4v) is 1.60. The Morgan fingerprint density at radius 3 is 2.33 bits per heavy atom. The molecule has 0 saturated carbocycles. The van der Waals surface area contributed by atoms with Crippen molar-refractivity contribution < 1.29 is 9.42 Å². The molecule has 0 aromatic heterocycles. The second kappa shape index (κ2) is 4.03. The molecule has 0 bridgehead atoms. The summed E-state index contributed by atoms with van der Waals surface area (Å²) in [6.07, 6.45) is 0. The van der Waals surface area contributed by atoms with E-state index in [-0.39, 0.29) is 0 Å². The van der Waals surface area contributed by atoms with Crippen molar-refractivity contribution in [1.29, 1.82) is 0 Å². The number of nitrogens with zero attached hydrogens (tertiary/aromatic N) is 3. The minimum atomic E-state index is -1.64. The summed E-state index contributed by atoms with van der Waals surface area (Å²) in [4.78, 5) is 13.1. The normalized spacial score (nSPS) is 20.2. The van der Waals surface area contributed by atoms with Gasteiger partial charge >= 0.3 is 8.53 Å². The summed E-state index contributed by atoms with van der Waals surface area (Å²) in [7, 11) is 3.70. The van der Waals surface area contributed by atoms with Crippen LogP contribution in [0, 0.1) is 0 Å². The molecule has 1 aliphatic rings. The molecule has 1 unspecified atom stereocenters. The lowest BCUT2D eigenvalue weighted by Crippen LogP contribution is -2.27. The van der Waals surface area contributed by atoms with Crippen LogP contribution in [-0.4, -0.2) is 54.9 Å². The van der Waals surface area contributed by atoms with Crippen LogP contribution >= 0.6 is 8.53 Å². The number of hydrogen-bond donors (Lipinski definition) is 1. The number of rotatable bonds is 2. The predicted octanol–water partition coefficient (Wildman–Crippen LogP) is 0.0852. The Morgan fingerprint density at radius 2 is 1.92 bits per heavy atom. The summed E-state index contributed by atoms with van der Waals surface area (Å²) < 4.78 is 8.71. The molecule has 1 aliphatic heterocycles. The fourth-order valence-electron chi connectivity index (χ4n) is 1.06. The Balaban J connectivity index is 2.64. The molecule has 1 fully saturated rings. The molecule has 0 aliphatic carbocycles. The lowest BCUT2D eigenvalue weighted by Gasteiger charge is -2.16. The molecule has 1 saturated heterocycles. The first-order valence-corrected chi connectivity index (χ1v) is 4.85. The second-order valence-corrected chi connectivity index (χ2v) is 3.75. The minimum Gasteiger partial charge on any atom is -0.344 e. The Bertz CT molecular complexity index is 176. The van der Waals surface area contributed by atoms with Crippen LogP contribution in [0.4, 0.5) is 0 Å². The second-order valence-electron chi connectivity index (χ2n) is 2.68. The van der Waals surface area contributed by atoms with E-state index >= 15 is 0 Å². The van der Waals surface area contributed by atoms with Crippen LogP contribution in [0.3, 0.4) is 0 Å². The molecule has 0 radical (unpaired) electrons. The molecule has 1 N–H and O–H groups in total.